The number of H-pyrrole nitrogens is 1. The highest BCUT2D eigenvalue weighted by molar-refractivity contribution is 6.06. The maximum atomic E-state index is 12.6. The predicted molar refractivity (Wildman–Crippen MR) is 123 cm³/mol. The molecule has 4 heterocycles. The second kappa shape index (κ2) is 6.91. The quantitative estimate of drug-likeness (QED) is 0.403. The van der Waals surface area contributed by atoms with Crippen LogP contribution in [0.5, 0.6) is 0 Å². The lowest BCUT2D eigenvalue weighted by atomic mass is 10.1. The molecule has 5 rings (SSSR count). The number of benzene rings is 1. The number of amides is 1. The number of fused-ring (bicyclic) bond motifs is 2. The van der Waals surface area contributed by atoms with Gasteiger partial charge < -0.3 is 16.0 Å². The van der Waals surface area contributed by atoms with E-state index in [-0.39, 0.29) is 11.4 Å². The molecule has 4 N–H and O–H groups in total. The first-order valence-electron chi connectivity index (χ1n) is 10.1. The molecule has 10 heteroatoms. The smallest absolute Gasteiger partial charge is 0.273 e. The largest absolute Gasteiger partial charge is 0.383 e. The number of hydrogen-bond donors (Lipinski definition) is 3. The third-order valence-corrected chi connectivity index (χ3v) is 5.23. The molecule has 0 unspecified atom stereocenters. The number of aryl methyl sites for hydroxylation is 1. The Labute approximate surface area is 183 Å². The molecule has 0 fully saturated rings. The van der Waals surface area contributed by atoms with Gasteiger partial charge in [0.2, 0.25) is 0 Å². The third kappa shape index (κ3) is 3.25. The summed E-state index contributed by atoms with van der Waals surface area (Å²) in [6.45, 7) is 6.17. The Balaban J connectivity index is 1.57. The van der Waals surface area contributed by atoms with E-state index in [4.69, 9.17) is 10.8 Å². The second-order valence-corrected chi connectivity index (χ2v) is 8.70. The van der Waals surface area contributed by atoms with Gasteiger partial charge in [0.1, 0.15) is 23.5 Å². The zero-order valence-electron chi connectivity index (χ0n) is 18.2. The number of carbonyl (C=O) groups excluding carboxylic acids is 1. The molecule has 0 bridgehead atoms. The summed E-state index contributed by atoms with van der Waals surface area (Å²) in [6.07, 6.45) is 3.22. The van der Waals surface area contributed by atoms with Gasteiger partial charge in [-0.25, -0.2) is 14.6 Å². The summed E-state index contributed by atoms with van der Waals surface area (Å²) < 4.78 is 3.49. The Morgan fingerprint density at radius 3 is 2.66 bits per heavy atom. The summed E-state index contributed by atoms with van der Waals surface area (Å²) in [7, 11) is 1.79. The van der Waals surface area contributed by atoms with Gasteiger partial charge in [-0.05, 0) is 32.9 Å². The van der Waals surface area contributed by atoms with Crippen LogP contribution in [0.2, 0.25) is 0 Å². The van der Waals surface area contributed by atoms with Crippen molar-refractivity contribution in [1.82, 2.24) is 34.5 Å². The van der Waals surface area contributed by atoms with Crippen molar-refractivity contribution < 1.29 is 4.79 Å². The van der Waals surface area contributed by atoms with Crippen LogP contribution in [0.15, 0.2) is 42.9 Å². The molecule has 0 atom stereocenters. The van der Waals surface area contributed by atoms with Gasteiger partial charge in [0.25, 0.3) is 5.91 Å². The highest BCUT2D eigenvalue weighted by Gasteiger charge is 2.24. The van der Waals surface area contributed by atoms with E-state index in [1.165, 1.54) is 6.33 Å². The molecule has 162 valence electrons. The number of carbonyl (C=O) groups is 1. The highest BCUT2D eigenvalue weighted by Crippen LogP contribution is 2.34. The number of nitrogens with one attached hydrogen (secondary N) is 2. The maximum absolute atomic E-state index is 12.6. The predicted octanol–water partition coefficient (Wildman–Crippen LogP) is 3.30. The SMILES string of the molecule is Cn1ccc(NC(=O)c2cc3ccc(-c4nn(C(C)(C)C)c5ncnc(N)c45)cc3[nH]2)n1. The van der Waals surface area contributed by atoms with E-state index < -0.39 is 0 Å². The number of nitrogen functional groups attached to an aromatic ring is 1. The molecule has 0 radical (unpaired) electrons. The van der Waals surface area contributed by atoms with E-state index in [0.717, 1.165) is 16.5 Å². The van der Waals surface area contributed by atoms with Crippen molar-refractivity contribution in [3.8, 4) is 11.3 Å². The molecule has 5 aromatic rings. The molecule has 0 aliphatic carbocycles. The summed E-state index contributed by atoms with van der Waals surface area (Å²) in [4.78, 5) is 24.4. The van der Waals surface area contributed by atoms with Crippen LogP contribution in [0.3, 0.4) is 0 Å². The fraction of sp³-hybridized carbons (Fsp3) is 0.227. The van der Waals surface area contributed by atoms with Crippen LogP contribution in [0, 0.1) is 0 Å². The fourth-order valence-electron chi connectivity index (χ4n) is 3.71. The molecule has 1 aromatic carbocycles. The Morgan fingerprint density at radius 1 is 1.12 bits per heavy atom. The van der Waals surface area contributed by atoms with Crippen LogP contribution < -0.4 is 11.1 Å². The highest BCUT2D eigenvalue weighted by atomic mass is 16.2. The minimum absolute atomic E-state index is 0.262. The van der Waals surface area contributed by atoms with Crippen molar-refractivity contribution in [2.45, 2.75) is 26.3 Å². The van der Waals surface area contributed by atoms with Crippen LogP contribution in [0.4, 0.5) is 11.6 Å². The van der Waals surface area contributed by atoms with E-state index in [2.05, 4.69) is 46.1 Å². The van der Waals surface area contributed by atoms with E-state index in [9.17, 15) is 4.79 Å². The monoisotopic (exact) mass is 429 g/mol. The van der Waals surface area contributed by atoms with Gasteiger partial charge in [-0.3, -0.25) is 9.48 Å². The lowest BCUT2D eigenvalue weighted by Gasteiger charge is -2.19. The van der Waals surface area contributed by atoms with Crippen LogP contribution >= 0.6 is 0 Å². The van der Waals surface area contributed by atoms with Gasteiger partial charge in [-0.2, -0.15) is 10.2 Å². The van der Waals surface area contributed by atoms with Crippen molar-refractivity contribution in [1.29, 1.82) is 0 Å². The standard InChI is InChI=1S/C22H23N9O/c1-22(2,3)31-20-17(19(23)24-11-25-20)18(29-31)13-6-5-12-9-15(26-14(12)10-13)21(32)27-16-7-8-30(4)28-16/h5-11,26H,1-4H3,(H2,23,24,25)(H,27,28,32). The van der Waals surface area contributed by atoms with Crippen LogP contribution in [0.1, 0.15) is 31.3 Å². The third-order valence-electron chi connectivity index (χ3n) is 5.23. The molecule has 1 amide bonds. The van der Waals surface area contributed by atoms with E-state index in [1.54, 1.807) is 30.1 Å². The van der Waals surface area contributed by atoms with E-state index >= 15 is 0 Å². The fourth-order valence-corrected chi connectivity index (χ4v) is 3.71. The number of aromatic nitrogens is 7. The maximum Gasteiger partial charge on any atom is 0.273 e. The summed E-state index contributed by atoms with van der Waals surface area (Å²) in [6, 6.07) is 9.40. The van der Waals surface area contributed by atoms with E-state index in [0.29, 0.717) is 34.1 Å². The number of hydrogen-bond acceptors (Lipinski definition) is 6. The average molecular weight is 429 g/mol. The molecule has 0 saturated heterocycles. The molecular weight excluding hydrogens is 406 g/mol. The molecule has 4 aromatic heterocycles. The van der Waals surface area contributed by atoms with Crippen molar-refractivity contribution in [2.24, 2.45) is 7.05 Å². The zero-order valence-corrected chi connectivity index (χ0v) is 18.2. The Kier molecular flexibility index (Phi) is 4.26. The first-order valence-corrected chi connectivity index (χ1v) is 10.1. The van der Waals surface area contributed by atoms with Crippen molar-refractivity contribution in [2.75, 3.05) is 11.1 Å². The Bertz CT molecular complexity index is 1480. The van der Waals surface area contributed by atoms with Crippen molar-refractivity contribution in [3.05, 3.63) is 48.5 Å². The molecule has 10 nitrogen and oxygen atoms in total. The number of aromatic amines is 1. The van der Waals surface area contributed by atoms with Gasteiger partial charge in [-0.1, -0.05) is 12.1 Å². The lowest BCUT2D eigenvalue weighted by Crippen LogP contribution is -2.23. The topological polar surface area (TPSA) is 132 Å². The molecular formula is C22H23N9O. The number of nitrogens with two attached hydrogens (primary N) is 1. The average Bonchev–Trinajstić information content (AvgIpc) is 3.43. The van der Waals surface area contributed by atoms with Gasteiger partial charge in [0.05, 0.1) is 10.9 Å². The van der Waals surface area contributed by atoms with Crippen LogP contribution in [-0.4, -0.2) is 40.4 Å². The molecule has 32 heavy (non-hydrogen) atoms. The van der Waals surface area contributed by atoms with Crippen LogP contribution in [-0.2, 0) is 12.6 Å². The van der Waals surface area contributed by atoms with Gasteiger partial charge in [0, 0.05) is 35.8 Å². The zero-order chi connectivity index (χ0) is 22.6. The number of nitrogens with zero attached hydrogens (tertiary/aromatic N) is 6. The van der Waals surface area contributed by atoms with Crippen molar-refractivity contribution in [3.63, 3.8) is 0 Å². The van der Waals surface area contributed by atoms with Gasteiger partial charge in [0.15, 0.2) is 11.5 Å². The first kappa shape index (κ1) is 19.7. The van der Waals surface area contributed by atoms with E-state index in [1.807, 2.05) is 22.9 Å². The molecule has 0 aliphatic rings. The summed E-state index contributed by atoms with van der Waals surface area (Å²) in [5, 5.41) is 13.4. The lowest BCUT2D eigenvalue weighted by molar-refractivity contribution is 0.102. The van der Waals surface area contributed by atoms with Crippen LogP contribution in [0.25, 0.3) is 33.2 Å². The minimum Gasteiger partial charge on any atom is -0.383 e. The summed E-state index contributed by atoms with van der Waals surface area (Å²) in [5.74, 6) is 0.607. The van der Waals surface area contributed by atoms with Gasteiger partial charge >= 0.3 is 0 Å². The molecule has 0 saturated carbocycles. The summed E-state index contributed by atoms with van der Waals surface area (Å²) in [5.41, 5.74) is 9.40. The molecule has 0 spiro atoms. The minimum atomic E-state index is -0.287. The summed E-state index contributed by atoms with van der Waals surface area (Å²) >= 11 is 0. The number of rotatable bonds is 3. The first-order chi connectivity index (χ1) is 15.2. The van der Waals surface area contributed by atoms with Gasteiger partial charge in [-0.15, -0.1) is 0 Å². The second-order valence-electron chi connectivity index (χ2n) is 8.70. The molecule has 0 aliphatic heterocycles. The normalized spacial score (nSPS) is 12.0. The number of anilines is 2. The Morgan fingerprint density at radius 2 is 1.94 bits per heavy atom. The Hall–Kier alpha value is -4.21. The van der Waals surface area contributed by atoms with Crippen molar-refractivity contribution >= 4 is 39.5 Å².